The van der Waals surface area contributed by atoms with E-state index in [9.17, 15) is 9.59 Å². The molecule has 4 aromatic rings. The Labute approximate surface area is 241 Å². The third kappa shape index (κ3) is 8.60. The SMILES string of the molecule is CCC(C)Oc1cccc(C(=O)Nc2ccc(Oc3ccc(NC(=O)c4cccc(OC(C)CC)c4)cc3)cc2)c1. The summed E-state index contributed by atoms with van der Waals surface area (Å²) >= 11 is 0. The number of hydrogen-bond acceptors (Lipinski definition) is 5. The van der Waals surface area contributed by atoms with Gasteiger partial charge in [0.15, 0.2) is 0 Å². The second kappa shape index (κ2) is 14.0. The minimum Gasteiger partial charge on any atom is -0.491 e. The predicted octanol–water partition coefficient (Wildman–Crippen LogP) is 8.34. The molecule has 0 aromatic heterocycles. The van der Waals surface area contributed by atoms with Crippen LogP contribution in [0.4, 0.5) is 11.4 Å². The van der Waals surface area contributed by atoms with Crippen LogP contribution in [0.5, 0.6) is 23.0 Å². The lowest BCUT2D eigenvalue weighted by Gasteiger charge is -2.13. The first-order valence-electron chi connectivity index (χ1n) is 13.9. The molecule has 0 bridgehead atoms. The van der Waals surface area contributed by atoms with Crippen molar-refractivity contribution in [2.75, 3.05) is 10.6 Å². The summed E-state index contributed by atoms with van der Waals surface area (Å²) in [7, 11) is 0. The topological polar surface area (TPSA) is 85.9 Å². The molecule has 2 amide bonds. The van der Waals surface area contributed by atoms with E-state index in [-0.39, 0.29) is 24.0 Å². The summed E-state index contributed by atoms with van der Waals surface area (Å²) in [5, 5.41) is 5.80. The van der Waals surface area contributed by atoms with Crippen LogP contribution in [0.25, 0.3) is 0 Å². The third-order valence-corrected chi connectivity index (χ3v) is 6.48. The highest BCUT2D eigenvalue weighted by Crippen LogP contribution is 2.26. The fourth-order valence-electron chi connectivity index (χ4n) is 3.81. The van der Waals surface area contributed by atoms with E-state index in [1.54, 1.807) is 72.8 Å². The molecular formula is C34H36N2O5. The number of nitrogens with one attached hydrogen (secondary N) is 2. The molecule has 2 atom stereocenters. The van der Waals surface area contributed by atoms with E-state index in [4.69, 9.17) is 14.2 Å². The number of anilines is 2. The summed E-state index contributed by atoms with van der Waals surface area (Å²) in [6.45, 7) is 8.09. The lowest BCUT2D eigenvalue weighted by molar-refractivity contribution is 0.101. The molecule has 0 spiro atoms. The molecule has 0 fully saturated rings. The summed E-state index contributed by atoms with van der Waals surface area (Å²) < 4.78 is 17.6. The smallest absolute Gasteiger partial charge is 0.255 e. The number of carbonyl (C=O) groups excluding carboxylic acids is 2. The minimum absolute atomic E-state index is 0.0772. The average molecular weight is 553 g/mol. The van der Waals surface area contributed by atoms with Crippen LogP contribution in [0.2, 0.25) is 0 Å². The van der Waals surface area contributed by atoms with Gasteiger partial charge in [-0.2, -0.15) is 0 Å². The van der Waals surface area contributed by atoms with Gasteiger partial charge in [-0.15, -0.1) is 0 Å². The Hall–Kier alpha value is -4.78. The molecule has 0 aliphatic carbocycles. The van der Waals surface area contributed by atoms with Gasteiger partial charge in [0.2, 0.25) is 0 Å². The number of benzene rings is 4. The van der Waals surface area contributed by atoms with E-state index < -0.39 is 0 Å². The minimum atomic E-state index is -0.222. The largest absolute Gasteiger partial charge is 0.491 e. The van der Waals surface area contributed by atoms with Crippen LogP contribution in [0.15, 0.2) is 97.1 Å². The lowest BCUT2D eigenvalue weighted by atomic mass is 10.2. The molecule has 0 aliphatic rings. The Morgan fingerprint density at radius 2 is 0.976 bits per heavy atom. The van der Waals surface area contributed by atoms with Crippen molar-refractivity contribution in [2.24, 2.45) is 0 Å². The van der Waals surface area contributed by atoms with Crippen LogP contribution >= 0.6 is 0 Å². The molecule has 7 nitrogen and oxygen atoms in total. The Kier molecular flexibility index (Phi) is 9.99. The van der Waals surface area contributed by atoms with Crippen molar-refractivity contribution >= 4 is 23.2 Å². The van der Waals surface area contributed by atoms with Gasteiger partial charge in [0.1, 0.15) is 23.0 Å². The number of hydrogen-bond donors (Lipinski definition) is 2. The van der Waals surface area contributed by atoms with Crippen LogP contribution in [0.3, 0.4) is 0 Å². The summed E-state index contributed by atoms with van der Waals surface area (Å²) in [6.07, 6.45) is 1.92. The summed E-state index contributed by atoms with van der Waals surface area (Å²) in [4.78, 5) is 25.5. The highest BCUT2D eigenvalue weighted by Gasteiger charge is 2.11. The van der Waals surface area contributed by atoms with Crippen molar-refractivity contribution in [2.45, 2.75) is 52.7 Å². The summed E-state index contributed by atoms with van der Waals surface area (Å²) in [6, 6.07) is 28.5. The molecule has 0 heterocycles. The maximum atomic E-state index is 12.7. The maximum Gasteiger partial charge on any atom is 0.255 e. The van der Waals surface area contributed by atoms with Gasteiger partial charge in [-0.25, -0.2) is 0 Å². The number of ether oxygens (including phenoxy) is 3. The van der Waals surface area contributed by atoms with Crippen LogP contribution in [0, 0.1) is 0 Å². The first-order valence-corrected chi connectivity index (χ1v) is 13.9. The average Bonchev–Trinajstić information content (AvgIpc) is 2.99. The molecule has 4 aromatic carbocycles. The van der Waals surface area contributed by atoms with Gasteiger partial charge in [0, 0.05) is 22.5 Å². The fraction of sp³-hybridized carbons (Fsp3) is 0.235. The van der Waals surface area contributed by atoms with Crippen molar-refractivity contribution in [3.8, 4) is 23.0 Å². The Morgan fingerprint density at radius 1 is 0.585 bits per heavy atom. The second-order valence-electron chi connectivity index (χ2n) is 9.79. The highest BCUT2D eigenvalue weighted by atomic mass is 16.5. The van der Waals surface area contributed by atoms with Crippen molar-refractivity contribution in [3.05, 3.63) is 108 Å². The van der Waals surface area contributed by atoms with E-state index in [1.165, 1.54) is 0 Å². The fourth-order valence-corrected chi connectivity index (χ4v) is 3.81. The molecule has 2 unspecified atom stereocenters. The van der Waals surface area contributed by atoms with Gasteiger partial charge in [-0.1, -0.05) is 26.0 Å². The normalized spacial score (nSPS) is 12.1. The van der Waals surface area contributed by atoms with Gasteiger partial charge in [0.25, 0.3) is 11.8 Å². The monoisotopic (exact) mass is 552 g/mol. The standard InChI is InChI=1S/C34H36N2O5/c1-5-23(3)39-31-11-7-9-25(21-31)33(37)35-27-13-17-29(18-14-27)41-30-19-15-28(16-20-30)36-34(38)26-10-8-12-32(22-26)40-24(4)6-2/h7-24H,5-6H2,1-4H3,(H,35,37)(H,36,38). The summed E-state index contributed by atoms with van der Waals surface area (Å²) in [5.41, 5.74) is 2.33. The molecule has 2 N–H and O–H groups in total. The van der Waals surface area contributed by atoms with Gasteiger partial charge in [-0.05, 0) is 112 Å². The molecule has 0 saturated heterocycles. The molecule has 0 radical (unpaired) electrons. The van der Waals surface area contributed by atoms with Crippen LogP contribution in [-0.4, -0.2) is 24.0 Å². The molecular weight excluding hydrogens is 516 g/mol. The van der Waals surface area contributed by atoms with Crippen molar-refractivity contribution < 1.29 is 23.8 Å². The number of amides is 2. The Bertz CT molecular complexity index is 1340. The molecule has 4 rings (SSSR count). The zero-order valence-corrected chi connectivity index (χ0v) is 23.8. The second-order valence-corrected chi connectivity index (χ2v) is 9.79. The molecule has 0 saturated carbocycles. The van der Waals surface area contributed by atoms with E-state index in [2.05, 4.69) is 24.5 Å². The van der Waals surface area contributed by atoms with Crippen LogP contribution in [-0.2, 0) is 0 Å². The van der Waals surface area contributed by atoms with Gasteiger partial charge in [0.05, 0.1) is 12.2 Å². The van der Waals surface area contributed by atoms with Crippen LogP contribution in [0.1, 0.15) is 61.3 Å². The first kappa shape index (κ1) is 29.2. The third-order valence-electron chi connectivity index (χ3n) is 6.48. The van der Waals surface area contributed by atoms with Crippen molar-refractivity contribution in [3.63, 3.8) is 0 Å². The molecule has 212 valence electrons. The zero-order chi connectivity index (χ0) is 29.2. The molecule has 41 heavy (non-hydrogen) atoms. The van der Waals surface area contributed by atoms with Crippen molar-refractivity contribution in [1.29, 1.82) is 0 Å². The molecule has 0 aliphatic heterocycles. The van der Waals surface area contributed by atoms with E-state index in [1.807, 2.05) is 38.1 Å². The van der Waals surface area contributed by atoms with E-state index in [0.717, 1.165) is 12.8 Å². The zero-order valence-electron chi connectivity index (χ0n) is 23.8. The number of rotatable bonds is 12. The van der Waals surface area contributed by atoms with Gasteiger partial charge < -0.3 is 24.8 Å². The summed E-state index contributed by atoms with van der Waals surface area (Å²) in [5.74, 6) is 2.12. The van der Waals surface area contributed by atoms with Crippen LogP contribution < -0.4 is 24.8 Å². The predicted molar refractivity (Wildman–Crippen MR) is 163 cm³/mol. The lowest BCUT2D eigenvalue weighted by Crippen LogP contribution is -2.13. The quantitative estimate of drug-likeness (QED) is 0.184. The number of carbonyl (C=O) groups is 2. The Balaban J connectivity index is 1.31. The van der Waals surface area contributed by atoms with E-state index >= 15 is 0 Å². The first-order chi connectivity index (χ1) is 19.8. The van der Waals surface area contributed by atoms with Crippen molar-refractivity contribution in [1.82, 2.24) is 0 Å². The Morgan fingerprint density at radius 3 is 1.34 bits per heavy atom. The maximum absolute atomic E-state index is 12.7. The highest BCUT2D eigenvalue weighted by molar-refractivity contribution is 6.05. The van der Waals surface area contributed by atoms with Gasteiger partial charge in [-0.3, -0.25) is 9.59 Å². The molecule has 7 heteroatoms. The van der Waals surface area contributed by atoms with E-state index in [0.29, 0.717) is 45.5 Å². The van der Waals surface area contributed by atoms with Gasteiger partial charge >= 0.3 is 0 Å².